The molecule has 1 unspecified atom stereocenters. The minimum Gasteiger partial charge on any atom is -0.444 e. The fraction of sp³-hybridized carbons (Fsp3) is 0.800. The van der Waals surface area contributed by atoms with E-state index in [-0.39, 0.29) is 6.42 Å². The molecule has 0 heterocycles. The monoisotopic (exact) mass is 281 g/mol. The Morgan fingerprint density at radius 3 is 2.17 bits per heavy atom. The molecule has 1 atom stereocenters. The lowest BCUT2D eigenvalue weighted by atomic mass is 10.2. The van der Waals surface area contributed by atoms with Crippen LogP contribution in [0.25, 0.3) is 0 Å². The van der Waals surface area contributed by atoms with Crippen LogP contribution in [-0.4, -0.2) is 42.2 Å². The Morgan fingerprint density at radius 1 is 1.33 bits per heavy atom. The van der Waals surface area contributed by atoms with Gasteiger partial charge in [0, 0.05) is 6.42 Å². The molecule has 0 radical (unpaired) electrons. The van der Waals surface area contributed by atoms with Gasteiger partial charge in [0.15, 0.2) is 5.78 Å². The first kappa shape index (κ1) is 16.9. The molecule has 0 aliphatic rings. The number of carbonyl (C=O) groups excluding carboxylic acids is 2. The van der Waals surface area contributed by atoms with Gasteiger partial charge in [0.1, 0.15) is 17.4 Å². The Balaban J connectivity index is 4.71. The number of ketones is 1. The van der Waals surface area contributed by atoms with E-state index in [2.05, 4.69) is 5.32 Å². The summed E-state index contributed by atoms with van der Waals surface area (Å²) in [6.07, 6.45) is -0.867. The predicted octanol–water partition coefficient (Wildman–Crippen LogP) is 0.747. The standard InChI is InChI=1S/C10H19NO6S/c1-5-8(12)7(6-18(14,15)16)11-9(13)17-10(2,3)4/h7H,5-6H2,1-4H3,(H,11,13)(H,14,15,16). The maximum absolute atomic E-state index is 11.4. The second-order valence-electron chi connectivity index (χ2n) is 4.77. The van der Waals surface area contributed by atoms with E-state index in [1.54, 1.807) is 20.8 Å². The number of rotatable bonds is 5. The van der Waals surface area contributed by atoms with Gasteiger partial charge in [0.2, 0.25) is 0 Å². The number of ether oxygens (including phenoxy) is 1. The van der Waals surface area contributed by atoms with Crippen molar-refractivity contribution in [2.75, 3.05) is 5.75 Å². The summed E-state index contributed by atoms with van der Waals surface area (Å²) in [6, 6.07) is -1.31. The maximum atomic E-state index is 11.4. The predicted molar refractivity (Wildman–Crippen MR) is 64.9 cm³/mol. The zero-order valence-electron chi connectivity index (χ0n) is 10.9. The van der Waals surface area contributed by atoms with Gasteiger partial charge in [-0.25, -0.2) is 4.79 Å². The van der Waals surface area contributed by atoms with Gasteiger partial charge in [-0.15, -0.1) is 0 Å². The van der Waals surface area contributed by atoms with Gasteiger partial charge in [-0.05, 0) is 20.8 Å². The SMILES string of the molecule is CCC(=O)C(CS(=O)(=O)O)NC(=O)OC(C)(C)C. The van der Waals surface area contributed by atoms with Crippen molar-refractivity contribution < 1.29 is 27.3 Å². The van der Waals surface area contributed by atoms with E-state index in [9.17, 15) is 18.0 Å². The summed E-state index contributed by atoms with van der Waals surface area (Å²) < 4.78 is 35.1. The molecule has 0 aromatic rings. The highest BCUT2D eigenvalue weighted by atomic mass is 32.2. The summed E-state index contributed by atoms with van der Waals surface area (Å²) in [4.78, 5) is 22.9. The van der Waals surface area contributed by atoms with Crippen LogP contribution in [0.3, 0.4) is 0 Å². The molecule has 0 aliphatic carbocycles. The number of hydrogen-bond acceptors (Lipinski definition) is 5. The molecule has 0 rings (SSSR count). The van der Waals surface area contributed by atoms with Crippen molar-refractivity contribution in [2.24, 2.45) is 0 Å². The van der Waals surface area contributed by atoms with Crippen LogP contribution in [0, 0.1) is 0 Å². The van der Waals surface area contributed by atoms with E-state index in [0.717, 1.165) is 0 Å². The molecular formula is C10H19NO6S. The van der Waals surface area contributed by atoms with E-state index >= 15 is 0 Å². The summed E-state index contributed by atoms with van der Waals surface area (Å²) in [6.45, 7) is 6.42. The summed E-state index contributed by atoms with van der Waals surface area (Å²) >= 11 is 0. The lowest BCUT2D eigenvalue weighted by molar-refractivity contribution is -0.120. The van der Waals surface area contributed by atoms with Gasteiger partial charge < -0.3 is 10.1 Å². The van der Waals surface area contributed by atoms with Crippen molar-refractivity contribution >= 4 is 22.0 Å². The smallest absolute Gasteiger partial charge is 0.408 e. The third-order valence-electron chi connectivity index (χ3n) is 1.81. The lowest BCUT2D eigenvalue weighted by Crippen LogP contribution is -2.46. The highest BCUT2D eigenvalue weighted by Gasteiger charge is 2.27. The molecule has 0 aliphatic heterocycles. The fourth-order valence-electron chi connectivity index (χ4n) is 1.12. The molecule has 2 N–H and O–H groups in total. The topological polar surface area (TPSA) is 110 Å². The van der Waals surface area contributed by atoms with Crippen molar-refractivity contribution in [1.29, 1.82) is 0 Å². The molecule has 1 amide bonds. The first-order valence-corrected chi connectivity index (χ1v) is 7.03. The van der Waals surface area contributed by atoms with Crippen LogP contribution in [0.2, 0.25) is 0 Å². The van der Waals surface area contributed by atoms with Gasteiger partial charge in [-0.2, -0.15) is 8.42 Å². The van der Waals surface area contributed by atoms with Crippen molar-refractivity contribution in [3.8, 4) is 0 Å². The molecular weight excluding hydrogens is 262 g/mol. The van der Waals surface area contributed by atoms with Gasteiger partial charge in [0.25, 0.3) is 10.1 Å². The molecule has 0 saturated carbocycles. The largest absolute Gasteiger partial charge is 0.444 e. The number of amides is 1. The number of Topliss-reactive ketones (excluding diaryl/α,β-unsaturated/α-hetero) is 1. The summed E-state index contributed by atoms with van der Waals surface area (Å²) in [7, 11) is -4.36. The minimum absolute atomic E-state index is 0.0377. The third-order valence-corrected chi connectivity index (χ3v) is 2.56. The van der Waals surface area contributed by atoms with Crippen LogP contribution in [0.1, 0.15) is 34.1 Å². The third kappa shape index (κ3) is 8.02. The van der Waals surface area contributed by atoms with E-state index < -0.39 is 39.4 Å². The van der Waals surface area contributed by atoms with Crippen molar-refractivity contribution in [3.05, 3.63) is 0 Å². The first-order chi connectivity index (χ1) is 7.94. The Kier molecular flexibility index (Phi) is 5.75. The summed E-state index contributed by atoms with van der Waals surface area (Å²) in [5.74, 6) is -1.36. The second kappa shape index (κ2) is 6.14. The minimum atomic E-state index is -4.36. The second-order valence-corrected chi connectivity index (χ2v) is 6.26. The quantitative estimate of drug-likeness (QED) is 0.719. The average molecular weight is 281 g/mol. The van der Waals surface area contributed by atoms with E-state index in [1.165, 1.54) is 6.92 Å². The Labute approximate surface area is 107 Å². The van der Waals surface area contributed by atoms with E-state index in [0.29, 0.717) is 0 Å². The highest BCUT2D eigenvalue weighted by molar-refractivity contribution is 7.85. The van der Waals surface area contributed by atoms with Crippen molar-refractivity contribution in [1.82, 2.24) is 5.32 Å². The lowest BCUT2D eigenvalue weighted by Gasteiger charge is -2.22. The van der Waals surface area contributed by atoms with Crippen LogP contribution in [0.5, 0.6) is 0 Å². The van der Waals surface area contributed by atoms with Gasteiger partial charge in [-0.1, -0.05) is 6.92 Å². The summed E-state index contributed by atoms with van der Waals surface area (Å²) in [5, 5.41) is 2.13. The Bertz CT molecular complexity index is 409. The van der Waals surface area contributed by atoms with Gasteiger partial charge in [-0.3, -0.25) is 9.35 Å². The first-order valence-electron chi connectivity index (χ1n) is 5.42. The molecule has 0 spiro atoms. The Hall–Kier alpha value is -1.15. The Morgan fingerprint density at radius 2 is 1.83 bits per heavy atom. The van der Waals surface area contributed by atoms with Crippen LogP contribution in [0.4, 0.5) is 4.79 Å². The molecule has 0 bridgehead atoms. The number of alkyl carbamates (subject to hydrolysis) is 1. The van der Waals surface area contributed by atoms with Crippen molar-refractivity contribution in [3.63, 3.8) is 0 Å². The average Bonchev–Trinajstić information content (AvgIpc) is 2.10. The normalized spacial score (nSPS) is 13.8. The molecule has 106 valence electrons. The zero-order valence-corrected chi connectivity index (χ0v) is 11.7. The van der Waals surface area contributed by atoms with Crippen LogP contribution in [0.15, 0.2) is 0 Å². The van der Waals surface area contributed by atoms with E-state index in [1.807, 2.05) is 0 Å². The number of carbonyl (C=O) groups is 2. The van der Waals surface area contributed by atoms with Gasteiger partial charge >= 0.3 is 6.09 Å². The van der Waals surface area contributed by atoms with Crippen molar-refractivity contribution in [2.45, 2.75) is 45.8 Å². The van der Waals surface area contributed by atoms with E-state index in [4.69, 9.17) is 9.29 Å². The summed E-state index contributed by atoms with van der Waals surface area (Å²) in [5.41, 5.74) is -0.762. The molecule has 0 aromatic heterocycles. The van der Waals surface area contributed by atoms with Gasteiger partial charge in [0.05, 0.1) is 0 Å². The number of hydrogen-bond donors (Lipinski definition) is 2. The van der Waals surface area contributed by atoms with Crippen LogP contribution in [-0.2, 0) is 19.6 Å². The molecule has 8 heteroatoms. The van der Waals surface area contributed by atoms with Crippen LogP contribution >= 0.6 is 0 Å². The number of nitrogens with one attached hydrogen (secondary N) is 1. The molecule has 7 nitrogen and oxygen atoms in total. The zero-order chi connectivity index (χ0) is 14.6. The highest BCUT2D eigenvalue weighted by Crippen LogP contribution is 2.07. The van der Waals surface area contributed by atoms with Crippen LogP contribution < -0.4 is 5.32 Å². The fourth-order valence-corrected chi connectivity index (χ4v) is 1.81. The molecule has 18 heavy (non-hydrogen) atoms. The molecule has 0 saturated heterocycles. The molecule has 0 fully saturated rings. The maximum Gasteiger partial charge on any atom is 0.408 e. The molecule has 0 aromatic carbocycles.